The maximum atomic E-state index is 12.3. The first-order chi connectivity index (χ1) is 9.67. The van der Waals surface area contributed by atoms with E-state index in [1.165, 1.54) is 24.1 Å². The summed E-state index contributed by atoms with van der Waals surface area (Å²) in [7, 11) is -2.13. The van der Waals surface area contributed by atoms with Crippen LogP contribution in [0.1, 0.15) is 30.6 Å². The number of aliphatic carboxylic acids is 1. The van der Waals surface area contributed by atoms with Gasteiger partial charge in [-0.3, -0.25) is 9.59 Å². The molecular weight excluding hydrogens is 294 g/mol. The van der Waals surface area contributed by atoms with Gasteiger partial charge in [-0.25, -0.2) is 8.42 Å². The summed E-state index contributed by atoms with van der Waals surface area (Å²) in [5.41, 5.74) is 0.0686. The Morgan fingerprint density at radius 3 is 2.33 bits per heavy atom. The van der Waals surface area contributed by atoms with E-state index in [-0.39, 0.29) is 23.4 Å². The van der Waals surface area contributed by atoms with Gasteiger partial charge in [-0.2, -0.15) is 0 Å². The van der Waals surface area contributed by atoms with Crippen molar-refractivity contribution < 1.29 is 23.1 Å². The smallest absolute Gasteiger partial charge is 0.305 e. The number of carboxylic acids is 1. The molecule has 1 aromatic rings. The van der Waals surface area contributed by atoms with Gasteiger partial charge in [0.05, 0.1) is 22.1 Å². The predicted octanol–water partition coefficient (Wildman–Crippen LogP) is 1.42. The zero-order chi connectivity index (χ0) is 16.2. The highest BCUT2D eigenvalue weighted by atomic mass is 32.2. The zero-order valence-electron chi connectivity index (χ0n) is 12.2. The van der Waals surface area contributed by atoms with E-state index in [4.69, 9.17) is 5.11 Å². The van der Waals surface area contributed by atoms with E-state index in [2.05, 4.69) is 0 Å². The first-order valence-electron chi connectivity index (χ1n) is 6.48. The van der Waals surface area contributed by atoms with Gasteiger partial charge in [0.1, 0.15) is 0 Å². The Balaban J connectivity index is 3.15. The van der Waals surface area contributed by atoms with Gasteiger partial charge in [0.15, 0.2) is 9.84 Å². The summed E-state index contributed by atoms with van der Waals surface area (Å²) in [5.74, 6) is -1.52. The minimum absolute atomic E-state index is 0.0181. The van der Waals surface area contributed by atoms with Crippen molar-refractivity contribution in [2.24, 2.45) is 0 Å². The highest BCUT2D eigenvalue weighted by molar-refractivity contribution is 7.92. The molecule has 7 heteroatoms. The monoisotopic (exact) mass is 313 g/mol. The van der Waals surface area contributed by atoms with Crippen molar-refractivity contribution in [1.82, 2.24) is 4.90 Å². The van der Waals surface area contributed by atoms with Crippen LogP contribution in [0, 0.1) is 0 Å². The van der Waals surface area contributed by atoms with Crippen LogP contribution in [0.3, 0.4) is 0 Å². The van der Waals surface area contributed by atoms with Crippen LogP contribution in [0.15, 0.2) is 29.2 Å². The molecule has 0 spiro atoms. The molecule has 116 valence electrons. The number of benzene rings is 1. The van der Waals surface area contributed by atoms with E-state index in [0.29, 0.717) is 0 Å². The molecule has 1 N–H and O–H groups in total. The summed E-state index contributed by atoms with van der Waals surface area (Å²) in [4.78, 5) is 24.1. The molecule has 0 bridgehead atoms. The van der Waals surface area contributed by atoms with Crippen molar-refractivity contribution in [1.29, 1.82) is 0 Å². The van der Waals surface area contributed by atoms with Gasteiger partial charge < -0.3 is 10.0 Å². The molecule has 0 atom stereocenters. The van der Waals surface area contributed by atoms with E-state index in [1.807, 2.05) is 0 Å². The average Bonchev–Trinajstić information content (AvgIpc) is 2.43. The Hall–Kier alpha value is -1.89. The van der Waals surface area contributed by atoms with E-state index in [9.17, 15) is 18.0 Å². The number of rotatable bonds is 6. The van der Waals surface area contributed by atoms with Crippen molar-refractivity contribution in [2.45, 2.75) is 30.4 Å². The van der Waals surface area contributed by atoms with Crippen LogP contribution in [0.4, 0.5) is 0 Å². The number of hydrogen-bond acceptors (Lipinski definition) is 4. The van der Waals surface area contributed by atoms with Gasteiger partial charge in [-0.05, 0) is 26.0 Å². The SMILES string of the molecule is CC(C)S(=O)(=O)c1ccccc1C(=O)N(C)CCC(=O)O. The van der Waals surface area contributed by atoms with Gasteiger partial charge in [0.25, 0.3) is 5.91 Å². The summed E-state index contributed by atoms with van der Waals surface area (Å²) in [5, 5.41) is 7.99. The van der Waals surface area contributed by atoms with Gasteiger partial charge in [0.2, 0.25) is 0 Å². The lowest BCUT2D eigenvalue weighted by Crippen LogP contribution is -2.30. The molecule has 0 aliphatic carbocycles. The third kappa shape index (κ3) is 4.04. The van der Waals surface area contributed by atoms with Crippen molar-refractivity contribution in [3.05, 3.63) is 29.8 Å². The van der Waals surface area contributed by atoms with Crippen LogP contribution in [-0.4, -0.2) is 49.1 Å². The van der Waals surface area contributed by atoms with Crippen LogP contribution < -0.4 is 0 Å². The molecule has 1 rings (SSSR count). The molecule has 0 aliphatic rings. The minimum Gasteiger partial charge on any atom is -0.481 e. The van der Waals surface area contributed by atoms with Crippen LogP contribution >= 0.6 is 0 Å². The van der Waals surface area contributed by atoms with Crippen LogP contribution in [0.5, 0.6) is 0 Å². The third-order valence-electron chi connectivity index (χ3n) is 3.05. The molecule has 0 fully saturated rings. The molecule has 1 amide bonds. The normalized spacial score (nSPS) is 11.4. The van der Waals surface area contributed by atoms with Crippen molar-refractivity contribution in [3.8, 4) is 0 Å². The molecular formula is C14H19NO5S. The third-order valence-corrected chi connectivity index (χ3v) is 5.26. The summed E-state index contributed by atoms with van der Waals surface area (Å²) >= 11 is 0. The number of carbonyl (C=O) groups excluding carboxylic acids is 1. The van der Waals surface area contributed by atoms with Gasteiger partial charge in [0, 0.05) is 13.6 Å². The number of amides is 1. The van der Waals surface area contributed by atoms with E-state index >= 15 is 0 Å². The highest BCUT2D eigenvalue weighted by Crippen LogP contribution is 2.21. The van der Waals surface area contributed by atoms with Crippen molar-refractivity contribution >= 4 is 21.7 Å². The minimum atomic E-state index is -3.58. The molecule has 6 nitrogen and oxygen atoms in total. The summed E-state index contributed by atoms with van der Waals surface area (Å²) in [6.07, 6.45) is -0.193. The lowest BCUT2D eigenvalue weighted by Gasteiger charge is -2.19. The van der Waals surface area contributed by atoms with Crippen molar-refractivity contribution in [3.63, 3.8) is 0 Å². The number of carboxylic acid groups (broad SMARTS) is 1. The Labute approximate surface area is 124 Å². The Bertz CT molecular complexity index is 637. The fraction of sp³-hybridized carbons (Fsp3) is 0.429. The zero-order valence-corrected chi connectivity index (χ0v) is 13.1. The van der Waals surface area contributed by atoms with Crippen molar-refractivity contribution in [2.75, 3.05) is 13.6 Å². The lowest BCUT2D eigenvalue weighted by atomic mass is 10.2. The van der Waals surface area contributed by atoms with E-state index < -0.39 is 27.0 Å². The maximum absolute atomic E-state index is 12.3. The molecule has 0 unspecified atom stereocenters. The first-order valence-corrected chi connectivity index (χ1v) is 8.02. The molecule has 21 heavy (non-hydrogen) atoms. The van der Waals surface area contributed by atoms with Gasteiger partial charge in [-0.1, -0.05) is 12.1 Å². The van der Waals surface area contributed by atoms with Crippen LogP contribution in [0.2, 0.25) is 0 Å². The number of hydrogen-bond donors (Lipinski definition) is 1. The molecule has 0 heterocycles. The second-order valence-corrected chi connectivity index (χ2v) is 7.43. The van der Waals surface area contributed by atoms with Gasteiger partial charge >= 0.3 is 5.97 Å². The van der Waals surface area contributed by atoms with Crippen LogP contribution in [0.25, 0.3) is 0 Å². The lowest BCUT2D eigenvalue weighted by molar-refractivity contribution is -0.137. The summed E-state index contributed by atoms with van der Waals surface area (Å²) in [6.45, 7) is 3.11. The topological polar surface area (TPSA) is 91.8 Å². The van der Waals surface area contributed by atoms with Crippen LogP contribution in [-0.2, 0) is 14.6 Å². The molecule has 0 saturated heterocycles. The Kier molecular flexibility index (Phi) is 5.48. The first kappa shape index (κ1) is 17.2. The Morgan fingerprint density at radius 2 is 1.81 bits per heavy atom. The van der Waals surface area contributed by atoms with E-state index in [1.54, 1.807) is 26.0 Å². The standard InChI is InChI=1S/C14H19NO5S/c1-10(2)21(19,20)12-7-5-4-6-11(12)14(18)15(3)9-8-13(16)17/h4-7,10H,8-9H2,1-3H3,(H,16,17). The van der Waals surface area contributed by atoms with E-state index in [0.717, 1.165) is 0 Å². The predicted molar refractivity (Wildman–Crippen MR) is 78.0 cm³/mol. The largest absolute Gasteiger partial charge is 0.481 e. The molecule has 0 aliphatic heterocycles. The number of carbonyl (C=O) groups is 2. The number of sulfone groups is 1. The summed E-state index contributed by atoms with van der Waals surface area (Å²) in [6, 6.07) is 5.98. The molecule has 0 aromatic heterocycles. The quantitative estimate of drug-likeness (QED) is 0.857. The highest BCUT2D eigenvalue weighted by Gasteiger charge is 2.26. The van der Waals surface area contributed by atoms with Gasteiger partial charge in [-0.15, -0.1) is 0 Å². The molecule has 0 radical (unpaired) electrons. The second kappa shape index (κ2) is 6.71. The second-order valence-electron chi connectivity index (χ2n) is 4.96. The molecule has 1 aromatic carbocycles. The maximum Gasteiger partial charge on any atom is 0.305 e. The molecule has 0 saturated carbocycles. The fourth-order valence-corrected chi connectivity index (χ4v) is 2.95. The fourth-order valence-electron chi connectivity index (χ4n) is 1.72. The summed E-state index contributed by atoms with van der Waals surface area (Å²) < 4.78 is 24.6. The Morgan fingerprint density at radius 1 is 1.24 bits per heavy atom. The number of nitrogens with zero attached hydrogens (tertiary/aromatic N) is 1. The average molecular weight is 313 g/mol.